The molecule has 1 atom stereocenters. The summed E-state index contributed by atoms with van der Waals surface area (Å²) in [6.07, 6.45) is 1.94. The molecule has 0 aliphatic carbocycles. The number of anilines is 3. The maximum absolute atomic E-state index is 13.6. The van der Waals surface area contributed by atoms with Crippen molar-refractivity contribution in [2.24, 2.45) is 0 Å². The normalized spacial score (nSPS) is 12.1. The highest BCUT2D eigenvalue weighted by Gasteiger charge is 2.22. The van der Waals surface area contributed by atoms with E-state index in [1.54, 1.807) is 30.6 Å². The van der Waals surface area contributed by atoms with E-state index in [4.69, 9.17) is 0 Å². The molecule has 0 saturated heterocycles. The quantitative estimate of drug-likeness (QED) is 0.597. The van der Waals surface area contributed by atoms with Crippen LogP contribution in [0.3, 0.4) is 0 Å². The number of aliphatic hydroxyl groups is 1. The van der Waals surface area contributed by atoms with Crippen LogP contribution in [0.15, 0.2) is 58.4 Å². The first-order chi connectivity index (χ1) is 11.6. The maximum atomic E-state index is 13.6. The Morgan fingerprint density at radius 3 is 2.42 bits per heavy atom. The van der Waals surface area contributed by atoms with Crippen LogP contribution >= 0.6 is 0 Å². The Morgan fingerprint density at radius 1 is 1.04 bits per heavy atom. The van der Waals surface area contributed by atoms with Gasteiger partial charge in [-0.3, -0.25) is 14.6 Å². The van der Waals surface area contributed by atoms with Gasteiger partial charge in [0.05, 0.1) is 6.10 Å². The molecule has 3 rings (SSSR count). The lowest BCUT2D eigenvalue weighted by Gasteiger charge is -2.17. The van der Waals surface area contributed by atoms with Crippen LogP contribution in [0.5, 0.6) is 0 Å². The summed E-state index contributed by atoms with van der Waals surface area (Å²) < 4.78 is 13.6. The van der Waals surface area contributed by atoms with Crippen LogP contribution < -0.4 is 21.5 Å². The van der Waals surface area contributed by atoms with E-state index in [0.29, 0.717) is 5.69 Å². The number of hydrogen-bond donors (Lipinski definition) is 3. The van der Waals surface area contributed by atoms with Gasteiger partial charge in [-0.2, -0.15) is 0 Å². The van der Waals surface area contributed by atoms with Crippen LogP contribution in [-0.2, 0) is 0 Å². The molecule has 1 aromatic heterocycles. The lowest BCUT2D eigenvalue weighted by atomic mass is 10.1. The van der Waals surface area contributed by atoms with E-state index in [-0.39, 0.29) is 23.5 Å². The van der Waals surface area contributed by atoms with Crippen LogP contribution in [0.25, 0.3) is 0 Å². The Kier molecular flexibility index (Phi) is 4.35. The van der Waals surface area contributed by atoms with Crippen molar-refractivity contribution >= 4 is 17.1 Å². The van der Waals surface area contributed by atoms with Gasteiger partial charge in [-0.1, -0.05) is 18.2 Å². The number of pyridine rings is 1. The molecule has 0 aliphatic rings. The summed E-state index contributed by atoms with van der Waals surface area (Å²) in [6, 6.07) is 9.12. The number of halogens is 1. The van der Waals surface area contributed by atoms with Gasteiger partial charge >= 0.3 is 0 Å². The van der Waals surface area contributed by atoms with Gasteiger partial charge < -0.3 is 15.7 Å². The van der Waals surface area contributed by atoms with Crippen LogP contribution in [0.4, 0.5) is 21.5 Å². The highest BCUT2D eigenvalue weighted by Crippen LogP contribution is 2.22. The molecule has 6 nitrogen and oxygen atoms in total. The van der Waals surface area contributed by atoms with Crippen molar-refractivity contribution in [3.63, 3.8) is 0 Å². The fourth-order valence-corrected chi connectivity index (χ4v) is 2.31. The van der Waals surface area contributed by atoms with E-state index >= 15 is 0 Å². The summed E-state index contributed by atoms with van der Waals surface area (Å²) in [7, 11) is 0. The number of nitrogens with one attached hydrogen (secondary N) is 2. The van der Waals surface area contributed by atoms with Crippen LogP contribution in [0.1, 0.15) is 11.7 Å². The fraction of sp³-hybridized carbons (Fsp3) is 0.118. The summed E-state index contributed by atoms with van der Waals surface area (Å²) in [5.41, 5.74) is -0.400. The third kappa shape index (κ3) is 3.02. The summed E-state index contributed by atoms with van der Waals surface area (Å²) in [4.78, 5) is 27.3. The molecular weight excluding hydrogens is 313 g/mol. The second-order valence-electron chi connectivity index (χ2n) is 5.19. The van der Waals surface area contributed by atoms with Crippen molar-refractivity contribution in [2.45, 2.75) is 6.10 Å². The van der Waals surface area contributed by atoms with Crippen molar-refractivity contribution in [1.82, 2.24) is 4.98 Å². The number of hydrogen-bond acceptors (Lipinski definition) is 6. The minimum Gasteiger partial charge on any atom is -0.386 e. The third-order valence-corrected chi connectivity index (χ3v) is 3.60. The molecule has 7 heteroatoms. The molecule has 3 N–H and O–H groups in total. The van der Waals surface area contributed by atoms with Crippen LogP contribution in [0, 0.1) is 5.82 Å². The Labute approximate surface area is 136 Å². The van der Waals surface area contributed by atoms with Gasteiger partial charge in [0.2, 0.25) is 0 Å². The average Bonchev–Trinajstić information content (AvgIpc) is 2.61. The average molecular weight is 327 g/mol. The van der Waals surface area contributed by atoms with Gasteiger partial charge in [-0.25, -0.2) is 4.39 Å². The molecule has 0 saturated carbocycles. The van der Waals surface area contributed by atoms with E-state index in [9.17, 15) is 19.1 Å². The van der Waals surface area contributed by atoms with Gasteiger partial charge in [-0.05, 0) is 18.2 Å². The molecule has 0 fully saturated rings. The predicted molar refractivity (Wildman–Crippen MR) is 88.7 cm³/mol. The van der Waals surface area contributed by atoms with Crippen molar-refractivity contribution in [1.29, 1.82) is 0 Å². The van der Waals surface area contributed by atoms with Gasteiger partial charge in [0, 0.05) is 30.2 Å². The lowest BCUT2D eigenvalue weighted by molar-refractivity contribution is 0.186. The number of aromatic nitrogens is 1. The Balaban J connectivity index is 1.72. The largest absolute Gasteiger partial charge is 0.386 e. The number of rotatable bonds is 6. The Bertz CT molecular complexity index is 920. The van der Waals surface area contributed by atoms with Crippen molar-refractivity contribution in [2.75, 3.05) is 17.2 Å². The first-order valence-corrected chi connectivity index (χ1v) is 7.24. The number of aliphatic hydroxyl groups excluding tert-OH is 1. The zero-order valence-electron chi connectivity index (χ0n) is 12.5. The zero-order valence-corrected chi connectivity index (χ0v) is 12.5. The second kappa shape index (κ2) is 6.59. The molecule has 0 bridgehead atoms. The summed E-state index contributed by atoms with van der Waals surface area (Å²) >= 11 is 0. The molecule has 1 unspecified atom stereocenters. The van der Waals surface area contributed by atoms with E-state index in [2.05, 4.69) is 15.6 Å². The SMILES string of the molecule is O=c1c(NCC(O)c2ccccc2F)c(Nc2ccncc2)c1=O. The minimum absolute atomic E-state index is 0.0761. The van der Waals surface area contributed by atoms with Crippen molar-refractivity contribution in [3.05, 3.63) is 80.6 Å². The standard InChI is InChI=1S/C17H14FN3O3/c18-12-4-2-1-3-11(12)13(22)9-20-14-15(17(24)16(14)23)21-10-5-7-19-8-6-10/h1-8,13,20,22H,9H2,(H,19,21). The van der Waals surface area contributed by atoms with Gasteiger partial charge in [0.25, 0.3) is 10.9 Å². The Hall–Kier alpha value is -3.06. The van der Waals surface area contributed by atoms with E-state index < -0.39 is 22.8 Å². The molecule has 0 spiro atoms. The summed E-state index contributed by atoms with van der Waals surface area (Å²) in [6.45, 7) is -0.100. The molecular formula is C17H14FN3O3. The predicted octanol–water partition coefficient (Wildman–Crippen LogP) is 1.71. The molecule has 0 aliphatic heterocycles. The molecule has 24 heavy (non-hydrogen) atoms. The fourth-order valence-electron chi connectivity index (χ4n) is 2.31. The highest BCUT2D eigenvalue weighted by atomic mass is 19.1. The molecule has 2 aromatic carbocycles. The van der Waals surface area contributed by atoms with Crippen LogP contribution in [-0.4, -0.2) is 16.6 Å². The van der Waals surface area contributed by atoms with Gasteiger partial charge in [-0.15, -0.1) is 0 Å². The molecule has 3 aromatic rings. The van der Waals surface area contributed by atoms with E-state index in [1.807, 2.05) is 0 Å². The molecule has 0 radical (unpaired) electrons. The molecule has 1 heterocycles. The summed E-state index contributed by atoms with van der Waals surface area (Å²) in [5, 5.41) is 15.6. The molecule has 122 valence electrons. The zero-order chi connectivity index (χ0) is 17.1. The van der Waals surface area contributed by atoms with Crippen molar-refractivity contribution in [3.8, 4) is 0 Å². The first kappa shape index (κ1) is 15.8. The van der Waals surface area contributed by atoms with Gasteiger partial charge in [0.15, 0.2) is 0 Å². The Morgan fingerprint density at radius 2 is 1.71 bits per heavy atom. The van der Waals surface area contributed by atoms with Crippen LogP contribution in [0.2, 0.25) is 0 Å². The van der Waals surface area contributed by atoms with Gasteiger partial charge in [0.1, 0.15) is 17.2 Å². The van der Waals surface area contributed by atoms with E-state index in [1.165, 1.54) is 18.2 Å². The maximum Gasteiger partial charge on any atom is 0.253 e. The third-order valence-electron chi connectivity index (χ3n) is 3.60. The topological polar surface area (TPSA) is 91.3 Å². The minimum atomic E-state index is -1.15. The van der Waals surface area contributed by atoms with Crippen molar-refractivity contribution < 1.29 is 9.50 Å². The van der Waals surface area contributed by atoms with E-state index in [0.717, 1.165) is 0 Å². The number of nitrogens with zero attached hydrogens (tertiary/aromatic N) is 1. The first-order valence-electron chi connectivity index (χ1n) is 7.24. The smallest absolute Gasteiger partial charge is 0.253 e. The number of benzene rings is 1. The molecule has 0 amide bonds. The highest BCUT2D eigenvalue weighted by molar-refractivity contribution is 5.78. The second-order valence-corrected chi connectivity index (χ2v) is 5.19. The lowest BCUT2D eigenvalue weighted by Crippen LogP contribution is -2.37. The monoisotopic (exact) mass is 327 g/mol. The summed E-state index contributed by atoms with van der Waals surface area (Å²) in [5.74, 6) is -0.535.